The number of urea groups is 1. The zero-order chi connectivity index (χ0) is 10.8. The van der Waals surface area contributed by atoms with Gasteiger partial charge in [-0.05, 0) is 29.6 Å². The quantitative estimate of drug-likeness (QED) is 0.768. The van der Waals surface area contributed by atoms with E-state index in [1.165, 1.54) is 11.9 Å². The molecular weight excluding hydrogens is 232 g/mol. The number of nitrogens with zero attached hydrogens (tertiary/aromatic N) is 1. The van der Waals surface area contributed by atoms with Gasteiger partial charge in [0.1, 0.15) is 0 Å². The number of benzene rings is 1. The number of carbonyl (C=O) groups excluding carboxylic acids is 1. The van der Waals surface area contributed by atoms with Crippen LogP contribution in [0.4, 0.5) is 4.79 Å². The summed E-state index contributed by atoms with van der Waals surface area (Å²) in [6.45, 7) is 0. The highest BCUT2D eigenvalue weighted by atomic mass is 35.5. The fourth-order valence-corrected chi connectivity index (χ4v) is 2.35. The molecule has 0 aromatic heterocycles. The van der Waals surface area contributed by atoms with Crippen molar-refractivity contribution in [3.05, 3.63) is 34.9 Å². The molecule has 1 unspecified atom stereocenters. The number of halogens is 1. The van der Waals surface area contributed by atoms with Gasteiger partial charge in [0.05, 0.1) is 6.04 Å². The lowest BCUT2D eigenvalue weighted by atomic mass is 10.1. The number of carbonyl (C=O) groups is 1. The number of nitrogens with one attached hydrogen (secondary N) is 1. The molecular formula is C10H11ClN2OS. The van der Waals surface area contributed by atoms with Crippen LogP contribution < -0.4 is 5.32 Å². The van der Waals surface area contributed by atoms with E-state index in [4.69, 9.17) is 11.6 Å². The minimum Gasteiger partial charge on any atom is -0.330 e. The molecule has 80 valence electrons. The third-order valence-corrected chi connectivity index (χ3v) is 3.58. The molecule has 1 aliphatic heterocycles. The number of hydrogen-bond acceptors (Lipinski definition) is 2. The first-order chi connectivity index (χ1) is 7.16. The molecule has 0 bridgehead atoms. The Morgan fingerprint density at radius 3 is 2.73 bits per heavy atom. The van der Waals surface area contributed by atoms with Gasteiger partial charge in [0, 0.05) is 17.8 Å². The SMILES string of the molecule is CN1SCC(c2ccc(Cl)cc2)NC1=O. The van der Waals surface area contributed by atoms with Crippen molar-refractivity contribution in [1.29, 1.82) is 0 Å². The second-order valence-electron chi connectivity index (χ2n) is 3.35. The van der Waals surface area contributed by atoms with Gasteiger partial charge < -0.3 is 5.32 Å². The van der Waals surface area contributed by atoms with E-state index in [9.17, 15) is 4.79 Å². The second kappa shape index (κ2) is 4.33. The van der Waals surface area contributed by atoms with Crippen LogP contribution >= 0.6 is 23.5 Å². The maximum absolute atomic E-state index is 11.4. The molecule has 1 saturated heterocycles. The minimum atomic E-state index is -0.0498. The molecule has 1 aromatic rings. The molecule has 1 atom stereocenters. The van der Waals surface area contributed by atoms with Crippen LogP contribution in [-0.2, 0) is 0 Å². The monoisotopic (exact) mass is 242 g/mol. The topological polar surface area (TPSA) is 32.3 Å². The standard InChI is InChI=1S/C10H11ClN2OS/c1-13-10(14)12-9(6-15-13)7-2-4-8(11)5-3-7/h2-5,9H,6H2,1H3,(H,12,14). The molecule has 1 aliphatic rings. The Labute approximate surface area is 97.9 Å². The maximum atomic E-state index is 11.4. The Morgan fingerprint density at radius 1 is 1.47 bits per heavy atom. The van der Waals surface area contributed by atoms with Crippen molar-refractivity contribution < 1.29 is 4.79 Å². The highest BCUT2D eigenvalue weighted by Gasteiger charge is 2.23. The molecule has 3 nitrogen and oxygen atoms in total. The first-order valence-electron chi connectivity index (χ1n) is 4.59. The molecule has 0 saturated carbocycles. The van der Waals surface area contributed by atoms with Crippen molar-refractivity contribution in [2.45, 2.75) is 6.04 Å². The molecule has 2 rings (SSSR count). The average Bonchev–Trinajstić information content (AvgIpc) is 2.23. The fraction of sp³-hybridized carbons (Fsp3) is 0.300. The largest absolute Gasteiger partial charge is 0.330 e. The summed E-state index contributed by atoms with van der Waals surface area (Å²) >= 11 is 7.32. The number of amides is 2. The first kappa shape index (κ1) is 10.6. The second-order valence-corrected chi connectivity index (χ2v) is 4.92. The Bertz CT molecular complexity index is 368. The predicted molar refractivity (Wildman–Crippen MR) is 62.9 cm³/mol. The van der Waals surface area contributed by atoms with Crippen molar-refractivity contribution in [2.75, 3.05) is 12.8 Å². The van der Waals surface area contributed by atoms with E-state index in [1.807, 2.05) is 24.3 Å². The van der Waals surface area contributed by atoms with E-state index >= 15 is 0 Å². The lowest BCUT2D eigenvalue weighted by Gasteiger charge is -2.29. The Hall–Kier alpha value is -0.870. The van der Waals surface area contributed by atoms with Crippen LogP contribution in [0.3, 0.4) is 0 Å². The molecule has 0 radical (unpaired) electrons. The van der Waals surface area contributed by atoms with Gasteiger partial charge in [-0.1, -0.05) is 23.7 Å². The molecule has 1 heterocycles. The van der Waals surface area contributed by atoms with Crippen molar-refractivity contribution in [3.8, 4) is 0 Å². The lowest BCUT2D eigenvalue weighted by molar-refractivity contribution is 0.225. The average molecular weight is 243 g/mol. The van der Waals surface area contributed by atoms with Crippen molar-refractivity contribution in [1.82, 2.24) is 9.62 Å². The van der Waals surface area contributed by atoms with Gasteiger partial charge in [0.15, 0.2) is 0 Å². The van der Waals surface area contributed by atoms with E-state index in [0.717, 1.165) is 11.3 Å². The normalized spacial score (nSPS) is 21.3. The Balaban J connectivity index is 2.12. The van der Waals surface area contributed by atoms with Crippen molar-refractivity contribution in [3.63, 3.8) is 0 Å². The summed E-state index contributed by atoms with van der Waals surface area (Å²) in [7, 11) is 1.76. The Kier molecular flexibility index (Phi) is 3.07. The van der Waals surface area contributed by atoms with Crippen LogP contribution in [0.2, 0.25) is 5.02 Å². The molecule has 1 fully saturated rings. The molecule has 5 heteroatoms. The van der Waals surface area contributed by atoms with Crippen LogP contribution in [0.5, 0.6) is 0 Å². The first-order valence-corrected chi connectivity index (χ1v) is 5.91. The highest BCUT2D eigenvalue weighted by molar-refractivity contribution is 7.97. The fourth-order valence-electron chi connectivity index (χ4n) is 1.40. The molecule has 1 aromatic carbocycles. The van der Waals surface area contributed by atoms with Crippen molar-refractivity contribution >= 4 is 29.6 Å². The highest BCUT2D eigenvalue weighted by Crippen LogP contribution is 2.25. The van der Waals surface area contributed by atoms with E-state index in [0.29, 0.717) is 5.02 Å². The van der Waals surface area contributed by atoms with Crippen LogP contribution in [0.15, 0.2) is 24.3 Å². The van der Waals surface area contributed by atoms with Crippen LogP contribution in [0, 0.1) is 0 Å². The molecule has 2 amide bonds. The predicted octanol–water partition coefficient (Wildman–Crippen LogP) is 2.68. The summed E-state index contributed by atoms with van der Waals surface area (Å²) in [6.07, 6.45) is 0. The summed E-state index contributed by atoms with van der Waals surface area (Å²) in [4.78, 5) is 11.4. The van der Waals surface area contributed by atoms with Crippen LogP contribution in [0.25, 0.3) is 0 Å². The van der Waals surface area contributed by atoms with Gasteiger partial charge in [-0.2, -0.15) is 0 Å². The maximum Gasteiger partial charge on any atom is 0.327 e. The molecule has 1 N–H and O–H groups in total. The summed E-state index contributed by atoms with van der Waals surface area (Å²) in [5.74, 6) is 0.851. The zero-order valence-corrected chi connectivity index (χ0v) is 9.81. The van der Waals surface area contributed by atoms with E-state index < -0.39 is 0 Å². The van der Waals surface area contributed by atoms with Gasteiger partial charge in [0.25, 0.3) is 0 Å². The smallest absolute Gasteiger partial charge is 0.327 e. The molecule has 0 spiro atoms. The van der Waals surface area contributed by atoms with Gasteiger partial charge in [-0.15, -0.1) is 0 Å². The van der Waals surface area contributed by atoms with E-state index in [-0.39, 0.29) is 12.1 Å². The van der Waals surface area contributed by atoms with E-state index in [2.05, 4.69) is 5.32 Å². The number of hydrogen-bond donors (Lipinski definition) is 1. The van der Waals surface area contributed by atoms with Crippen LogP contribution in [-0.4, -0.2) is 23.1 Å². The summed E-state index contributed by atoms with van der Waals surface area (Å²) in [5, 5.41) is 3.64. The third kappa shape index (κ3) is 2.38. The Morgan fingerprint density at radius 2 is 2.13 bits per heavy atom. The zero-order valence-electron chi connectivity index (χ0n) is 8.24. The number of rotatable bonds is 1. The third-order valence-electron chi connectivity index (χ3n) is 2.29. The van der Waals surface area contributed by atoms with Crippen molar-refractivity contribution in [2.24, 2.45) is 0 Å². The molecule has 15 heavy (non-hydrogen) atoms. The van der Waals surface area contributed by atoms with Gasteiger partial charge in [-0.3, -0.25) is 4.31 Å². The van der Waals surface area contributed by atoms with E-state index in [1.54, 1.807) is 11.4 Å². The summed E-state index contributed by atoms with van der Waals surface area (Å²) in [5.41, 5.74) is 1.09. The summed E-state index contributed by atoms with van der Waals surface area (Å²) < 4.78 is 1.60. The summed E-state index contributed by atoms with van der Waals surface area (Å²) in [6, 6.07) is 7.60. The lowest BCUT2D eigenvalue weighted by Crippen LogP contribution is -2.42. The van der Waals surface area contributed by atoms with Gasteiger partial charge >= 0.3 is 6.03 Å². The van der Waals surface area contributed by atoms with Gasteiger partial charge in [0.2, 0.25) is 0 Å². The van der Waals surface area contributed by atoms with Crippen LogP contribution in [0.1, 0.15) is 11.6 Å². The van der Waals surface area contributed by atoms with Gasteiger partial charge in [-0.25, -0.2) is 4.79 Å². The molecule has 0 aliphatic carbocycles. The minimum absolute atomic E-state index is 0.0498.